The van der Waals surface area contributed by atoms with Gasteiger partial charge in [0.2, 0.25) is 0 Å². The van der Waals surface area contributed by atoms with Gasteiger partial charge in [-0.3, -0.25) is 14.9 Å². The number of carbonyl (C=O) groups excluding carboxylic acids is 1. The van der Waals surface area contributed by atoms with Gasteiger partial charge in [-0.2, -0.15) is 5.26 Å². The Balaban J connectivity index is 3.21. The van der Waals surface area contributed by atoms with E-state index in [0.717, 1.165) is 0 Å². The van der Waals surface area contributed by atoms with Gasteiger partial charge in [0.1, 0.15) is 17.1 Å². The summed E-state index contributed by atoms with van der Waals surface area (Å²) in [7, 11) is 0. The molecule has 0 aliphatic carbocycles. The molecule has 1 aromatic carbocycles. The molecule has 19 heavy (non-hydrogen) atoms. The minimum Gasteiger partial charge on any atom is -0.325 e. The minimum atomic E-state index is -0.688. The van der Waals surface area contributed by atoms with Gasteiger partial charge in [0, 0.05) is 6.54 Å². The maximum atomic E-state index is 12.2. The van der Waals surface area contributed by atoms with Crippen molar-refractivity contribution in [2.75, 3.05) is 13.1 Å². The maximum absolute atomic E-state index is 12.2. The van der Waals surface area contributed by atoms with Gasteiger partial charge in [-0.05, 0) is 18.6 Å². The fourth-order valence-corrected chi connectivity index (χ4v) is 1.90. The third-order valence-electron chi connectivity index (χ3n) is 2.44. The van der Waals surface area contributed by atoms with Crippen molar-refractivity contribution in [3.63, 3.8) is 0 Å². The van der Waals surface area contributed by atoms with Crippen LogP contribution in [-0.2, 0) is 0 Å². The Bertz CT molecular complexity index is 540. The summed E-state index contributed by atoms with van der Waals surface area (Å²) in [4.78, 5) is 23.8. The zero-order chi connectivity index (χ0) is 14.4. The van der Waals surface area contributed by atoms with Crippen LogP contribution in [-0.4, -0.2) is 28.8 Å². The Morgan fingerprint density at radius 2 is 2.26 bits per heavy atom. The number of carbonyl (C=O) groups is 1. The van der Waals surface area contributed by atoms with Crippen LogP contribution in [0.2, 0.25) is 5.02 Å². The van der Waals surface area contributed by atoms with Crippen LogP contribution >= 0.6 is 11.6 Å². The van der Waals surface area contributed by atoms with Crippen LogP contribution in [0.25, 0.3) is 0 Å². The van der Waals surface area contributed by atoms with E-state index in [1.807, 2.05) is 13.0 Å². The van der Waals surface area contributed by atoms with E-state index in [1.165, 1.54) is 23.1 Å². The van der Waals surface area contributed by atoms with E-state index in [2.05, 4.69) is 0 Å². The lowest BCUT2D eigenvalue weighted by Crippen LogP contribution is -2.32. The number of rotatable bonds is 5. The number of hydrogen-bond acceptors (Lipinski definition) is 4. The Hall–Kier alpha value is -2.13. The van der Waals surface area contributed by atoms with Crippen LogP contribution in [0, 0.1) is 21.4 Å². The Labute approximate surface area is 115 Å². The summed E-state index contributed by atoms with van der Waals surface area (Å²) in [6, 6.07) is 6.03. The molecule has 0 saturated heterocycles. The molecule has 0 fully saturated rings. The quantitative estimate of drug-likeness (QED) is 0.471. The van der Waals surface area contributed by atoms with E-state index in [0.29, 0.717) is 13.0 Å². The van der Waals surface area contributed by atoms with Gasteiger partial charge < -0.3 is 4.90 Å². The lowest BCUT2D eigenvalue weighted by Gasteiger charge is -2.18. The number of benzene rings is 1. The second kappa shape index (κ2) is 6.71. The fraction of sp³-hybridized carbons (Fsp3) is 0.333. The highest BCUT2D eigenvalue weighted by atomic mass is 35.5. The molecule has 1 aromatic rings. The number of nitrogens with zero attached hydrogens (tertiary/aromatic N) is 3. The number of hydrogen-bond donors (Lipinski definition) is 0. The van der Waals surface area contributed by atoms with Crippen LogP contribution in [0.5, 0.6) is 0 Å². The van der Waals surface area contributed by atoms with Gasteiger partial charge in [-0.25, -0.2) is 0 Å². The maximum Gasteiger partial charge on any atom is 0.300 e. The highest BCUT2D eigenvalue weighted by Crippen LogP contribution is 2.29. The summed E-state index contributed by atoms with van der Waals surface area (Å²) >= 11 is 5.75. The van der Waals surface area contributed by atoms with Crippen molar-refractivity contribution in [3.8, 4) is 6.07 Å². The van der Waals surface area contributed by atoms with Crippen LogP contribution in [0.15, 0.2) is 18.2 Å². The van der Waals surface area contributed by atoms with Crippen LogP contribution < -0.4 is 0 Å². The first kappa shape index (κ1) is 14.9. The van der Waals surface area contributed by atoms with Crippen LogP contribution in [0.4, 0.5) is 5.69 Å². The van der Waals surface area contributed by atoms with E-state index >= 15 is 0 Å². The summed E-state index contributed by atoms with van der Waals surface area (Å²) in [5.41, 5.74) is -0.519. The Morgan fingerprint density at radius 3 is 2.79 bits per heavy atom. The van der Waals surface area contributed by atoms with Gasteiger partial charge in [-0.1, -0.05) is 24.6 Å². The van der Waals surface area contributed by atoms with E-state index in [4.69, 9.17) is 16.9 Å². The molecule has 0 radical (unpaired) electrons. The van der Waals surface area contributed by atoms with Crippen LogP contribution in [0.3, 0.4) is 0 Å². The largest absolute Gasteiger partial charge is 0.325 e. The highest BCUT2D eigenvalue weighted by molar-refractivity contribution is 6.33. The molecule has 0 atom stereocenters. The SMILES string of the molecule is CCCN(CC#N)C(=O)c1cccc(Cl)c1[N+](=O)[O-]. The molecule has 0 N–H and O–H groups in total. The van der Waals surface area contributed by atoms with Crippen LogP contribution in [0.1, 0.15) is 23.7 Å². The molecular formula is C12H12ClN3O3. The first-order valence-electron chi connectivity index (χ1n) is 5.62. The van der Waals surface area contributed by atoms with E-state index in [1.54, 1.807) is 0 Å². The fourth-order valence-electron chi connectivity index (χ4n) is 1.65. The molecule has 0 aliphatic heterocycles. The predicted molar refractivity (Wildman–Crippen MR) is 69.9 cm³/mol. The molecule has 100 valence electrons. The van der Waals surface area contributed by atoms with E-state index < -0.39 is 16.5 Å². The van der Waals surface area contributed by atoms with Gasteiger partial charge in [-0.15, -0.1) is 0 Å². The second-order valence-electron chi connectivity index (χ2n) is 3.78. The monoisotopic (exact) mass is 281 g/mol. The summed E-state index contributed by atoms with van der Waals surface area (Å²) in [6.45, 7) is 2.09. The lowest BCUT2D eigenvalue weighted by atomic mass is 10.1. The topological polar surface area (TPSA) is 87.2 Å². The average Bonchev–Trinajstić information content (AvgIpc) is 2.37. The number of para-hydroxylation sites is 1. The van der Waals surface area contributed by atoms with Crippen molar-refractivity contribution in [2.45, 2.75) is 13.3 Å². The average molecular weight is 282 g/mol. The molecule has 7 heteroatoms. The number of nitro benzene ring substituents is 1. The van der Waals surface area contributed by atoms with Gasteiger partial charge in [0.25, 0.3) is 5.91 Å². The summed E-state index contributed by atoms with van der Waals surface area (Å²) < 4.78 is 0. The molecule has 0 unspecified atom stereocenters. The molecule has 0 aromatic heterocycles. The van der Waals surface area contributed by atoms with Crippen molar-refractivity contribution in [1.82, 2.24) is 4.90 Å². The first-order valence-corrected chi connectivity index (χ1v) is 5.99. The molecule has 0 aliphatic rings. The summed E-state index contributed by atoms with van der Waals surface area (Å²) in [5.74, 6) is -0.558. The highest BCUT2D eigenvalue weighted by Gasteiger charge is 2.26. The van der Waals surface area contributed by atoms with Crippen molar-refractivity contribution in [1.29, 1.82) is 5.26 Å². The lowest BCUT2D eigenvalue weighted by molar-refractivity contribution is -0.385. The number of nitro groups is 1. The van der Waals surface area contributed by atoms with Crippen molar-refractivity contribution in [3.05, 3.63) is 38.9 Å². The van der Waals surface area contributed by atoms with Crippen molar-refractivity contribution in [2.24, 2.45) is 0 Å². The number of amides is 1. The first-order chi connectivity index (χ1) is 9.02. The molecular weight excluding hydrogens is 270 g/mol. The molecule has 1 rings (SSSR count). The third-order valence-corrected chi connectivity index (χ3v) is 2.75. The normalized spacial score (nSPS) is 9.74. The van der Waals surface area contributed by atoms with Gasteiger partial charge in [0.15, 0.2) is 0 Å². The molecule has 0 saturated carbocycles. The number of nitriles is 1. The predicted octanol–water partition coefficient (Wildman–Crippen LogP) is 2.62. The molecule has 0 spiro atoms. The molecule has 0 bridgehead atoms. The zero-order valence-electron chi connectivity index (χ0n) is 10.3. The summed E-state index contributed by atoms with van der Waals surface area (Å²) in [5, 5.41) is 19.6. The van der Waals surface area contributed by atoms with Gasteiger partial charge >= 0.3 is 5.69 Å². The van der Waals surface area contributed by atoms with Crippen molar-refractivity contribution < 1.29 is 9.72 Å². The Kier molecular flexibility index (Phi) is 5.27. The minimum absolute atomic E-state index is 0.0933. The third kappa shape index (κ3) is 3.42. The number of halogens is 1. The standard InChI is InChI=1S/C12H12ClN3O3/c1-2-7-15(8-6-14)12(17)9-4-3-5-10(13)11(9)16(18)19/h3-5H,2,7-8H2,1H3. The van der Waals surface area contributed by atoms with Gasteiger partial charge in [0.05, 0.1) is 11.0 Å². The smallest absolute Gasteiger partial charge is 0.300 e. The van der Waals surface area contributed by atoms with E-state index in [9.17, 15) is 14.9 Å². The Morgan fingerprint density at radius 1 is 1.58 bits per heavy atom. The molecule has 6 nitrogen and oxygen atoms in total. The molecule has 0 heterocycles. The van der Waals surface area contributed by atoms with E-state index in [-0.39, 0.29) is 17.1 Å². The summed E-state index contributed by atoms with van der Waals surface area (Å²) in [6.07, 6.45) is 0.655. The zero-order valence-corrected chi connectivity index (χ0v) is 11.1. The second-order valence-corrected chi connectivity index (χ2v) is 4.19. The molecule has 1 amide bonds. The van der Waals surface area contributed by atoms with Crippen molar-refractivity contribution >= 4 is 23.2 Å².